The van der Waals surface area contributed by atoms with Crippen molar-refractivity contribution in [2.24, 2.45) is 11.7 Å². The molecule has 0 radical (unpaired) electrons. The summed E-state index contributed by atoms with van der Waals surface area (Å²) < 4.78 is 13.1. The summed E-state index contributed by atoms with van der Waals surface area (Å²) in [5, 5.41) is 0. The van der Waals surface area contributed by atoms with Crippen LogP contribution in [-0.2, 0) is 11.3 Å². The first-order valence-electron chi connectivity index (χ1n) is 8.38. The molecule has 0 saturated heterocycles. The summed E-state index contributed by atoms with van der Waals surface area (Å²) in [4.78, 5) is 14.7. The zero-order chi connectivity index (χ0) is 17.1. The maximum atomic E-state index is 13.1. The second-order valence-corrected chi connectivity index (χ2v) is 6.68. The molecule has 2 N–H and O–H groups in total. The Labute approximate surface area is 154 Å². The molecule has 3 nitrogen and oxygen atoms in total. The highest BCUT2D eigenvalue weighted by Crippen LogP contribution is 2.31. The number of benzene rings is 2. The standard InChI is InChI=1S/C20H23FN2O.ClH/c1-14-2-8-17(9-3-14)19(22)20(24)23(12-15-4-5-15)13-16-6-10-18(21)11-7-16;/h2-3,6-11,15,19H,4-5,12-13,22H2,1H3;1H. The van der Waals surface area contributed by atoms with Crippen molar-refractivity contribution < 1.29 is 9.18 Å². The number of rotatable bonds is 6. The average molecular weight is 363 g/mol. The van der Waals surface area contributed by atoms with Gasteiger partial charge in [0.25, 0.3) is 0 Å². The summed E-state index contributed by atoms with van der Waals surface area (Å²) in [6.45, 7) is 3.19. The zero-order valence-electron chi connectivity index (χ0n) is 14.3. The highest BCUT2D eigenvalue weighted by molar-refractivity contribution is 5.85. The van der Waals surface area contributed by atoms with Crippen LogP contribution in [0.5, 0.6) is 0 Å². The van der Waals surface area contributed by atoms with Gasteiger partial charge >= 0.3 is 0 Å². The van der Waals surface area contributed by atoms with E-state index >= 15 is 0 Å². The van der Waals surface area contributed by atoms with Crippen LogP contribution in [0, 0.1) is 18.7 Å². The molecule has 1 saturated carbocycles. The van der Waals surface area contributed by atoms with Crippen LogP contribution in [0.3, 0.4) is 0 Å². The lowest BCUT2D eigenvalue weighted by atomic mass is 10.0. The molecule has 0 spiro atoms. The third kappa shape index (κ3) is 5.28. The molecule has 1 aliphatic carbocycles. The quantitative estimate of drug-likeness (QED) is 0.844. The van der Waals surface area contributed by atoms with Crippen LogP contribution in [0.2, 0.25) is 0 Å². The van der Waals surface area contributed by atoms with E-state index in [1.54, 1.807) is 12.1 Å². The number of halogens is 2. The number of nitrogens with zero attached hydrogens (tertiary/aromatic N) is 1. The van der Waals surface area contributed by atoms with E-state index in [0.717, 1.165) is 36.1 Å². The minimum atomic E-state index is -0.662. The minimum Gasteiger partial charge on any atom is -0.336 e. The fourth-order valence-corrected chi connectivity index (χ4v) is 2.77. The number of carbonyl (C=O) groups excluding carboxylic acids is 1. The molecule has 5 heteroatoms. The van der Waals surface area contributed by atoms with Crippen LogP contribution >= 0.6 is 12.4 Å². The Morgan fingerprint density at radius 3 is 2.32 bits per heavy atom. The molecule has 1 aliphatic rings. The second kappa shape index (κ2) is 8.45. The van der Waals surface area contributed by atoms with E-state index in [2.05, 4.69) is 0 Å². The molecule has 0 bridgehead atoms. The lowest BCUT2D eigenvalue weighted by Gasteiger charge is -2.26. The molecule has 2 aromatic rings. The third-order valence-electron chi connectivity index (χ3n) is 4.48. The lowest BCUT2D eigenvalue weighted by molar-refractivity contribution is -0.133. The van der Waals surface area contributed by atoms with Gasteiger partial charge in [0, 0.05) is 13.1 Å². The van der Waals surface area contributed by atoms with Gasteiger partial charge in [-0.25, -0.2) is 4.39 Å². The molecule has 25 heavy (non-hydrogen) atoms. The molecule has 3 rings (SSSR count). The van der Waals surface area contributed by atoms with Crippen LogP contribution < -0.4 is 5.73 Å². The van der Waals surface area contributed by atoms with Gasteiger partial charge in [0.2, 0.25) is 5.91 Å². The highest BCUT2D eigenvalue weighted by atomic mass is 35.5. The van der Waals surface area contributed by atoms with E-state index in [1.807, 2.05) is 36.1 Å². The molecule has 1 unspecified atom stereocenters. The van der Waals surface area contributed by atoms with Gasteiger partial charge in [0.15, 0.2) is 0 Å². The van der Waals surface area contributed by atoms with Gasteiger partial charge < -0.3 is 10.6 Å². The van der Waals surface area contributed by atoms with Gasteiger partial charge in [0.1, 0.15) is 11.9 Å². The molecular weight excluding hydrogens is 339 g/mol. The third-order valence-corrected chi connectivity index (χ3v) is 4.48. The predicted octanol–water partition coefficient (Wildman–Crippen LogP) is 3.99. The van der Waals surface area contributed by atoms with Crippen LogP contribution in [0.4, 0.5) is 4.39 Å². The normalized spacial score (nSPS) is 14.5. The monoisotopic (exact) mass is 362 g/mol. The summed E-state index contributed by atoms with van der Waals surface area (Å²) in [6.07, 6.45) is 2.32. The second-order valence-electron chi connectivity index (χ2n) is 6.68. The maximum absolute atomic E-state index is 13.1. The van der Waals surface area contributed by atoms with Gasteiger partial charge in [-0.2, -0.15) is 0 Å². The Balaban J connectivity index is 0.00000225. The summed E-state index contributed by atoms with van der Waals surface area (Å²) in [5.74, 6) is 0.227. The average Bonchev–Trinajstić information content (AvgIpc) is 3.40. The first-order chi connectivity index (χ1) is 11.5. The van der Waals surface area contributed by atoms with Crippen molar-refractivity contribution in [3.63, 3.8) is 0 Å². The van der Waals surface area contributed by atoms with Crippen LogP contribution in [-0.4, -0.2) is 17.4 Å². The number of amides is 1. The van der Waals surface area contributed by atoms with Crippen molar-refractivity contribution in [2.45, 2.75) is 32.4 Å². The topological polar surface area (TPSA) is 46.3 Å². The Hall–Kier alpha value is -1.91. The van der Waals surface area contributed by atoms with Crippen molar-refractivity contribution in [2.75, 3.05) is 6.54 Å². The number of nitrogens with two attached hydrogens (primary N) is 1. The molecule has 2 aromatic carbocycles. The number of carbonyl (C=O) groups is 1. The van der Waals surface area contributed by atoms with Gasteiger partial charge in [-0.05, 0) is 48.9 Å². The molecule has 1 atom stereocenters. The largest absolute Gasteiger partial charge is 0.336 e. The number of hydrogen-bond donors (Lipinski definition) is 1. The smallest absolute Gasteiger partial charge is 0.244 e. The van der Waals surface area contributed by atoms with Crippen LogP contribution in [0.15, 0.2) is 48.5 Å². The van der Waals surface area contributed by atoms with Gasteiger partial charge in [-0.1, -0.05) is 42.0 Å². The molecule has 1 amide bonds. The van der Waals surface area contributed by atoms with Crippen molar-refractivity contribution in [3.05, 3.63) is 71.0 Å². The Morgan fingerprint density at radius 2 is 1.76 bits per heavy atom. The molecule has 0 aromatic heterocycles. The summed E-state index contributed by atoms with van der Waals surface area (Å²) in [6, 6.07) is 13.4. The van der Waals surface area contributed by atoms with Gasteiger partial charge in [-0.3, -0.25) is 4.79 Å². The van der Waals surface area contributed by atoms with Crippen molar-refractivity contribution >= 4 is 18.3 Å². The first-order valence-corrected chi connectivity index (χ1v) is 8.38. The SMILES string of the molecule is Cc1ccc(C(N)C(=O)N(Cc2ccc(F)cc2)CC2CC2)cc1.Cl. The van der Waals surface area contributed by atoms with E-state index in [4.69, 9.17) is 5.73 Å². The van der Waals surface area contributed by atoms with Crippen molar-refractivity contribution in [1.29, 1.82) is 0 Å². The molecule has 134 valence electrons. The van der Waals surface area contributed by atoms with E-state index in [0.29, 0.717) is 12.5 Å². The summed E-state index contributed by atoms with van der Waals surface area (Å²) in [7, 11) is 0. The lowest BCUT2D eigenvalue weighted by Crippen LogP contribution is -2.39. The number of aryl methyl sites for hydroxylation is 1. The Bertz CT molecular complexity index is 699. The molecule has 1 fully saturated rings. The van der Waals surface area contributed by atoms with E-state index in [1.165, 1.54) is 12.1 Å². The number of hydrogen-bond acceptors (Lipinski definition) is 2. The van der Waals surface area contributed by atoms with E-state index < -0.39 is 6.04 Å². The fraction of sp³-hybridized carbons (Fsp3) is 0.350. The van der Waals surface area contributed by atoms with Crippen LogP contribution in [0.1, 0.15) is 35.6 Å². The maximum Gasteiger partial charge on any atom is 0.244 e. The summed E-state index contributed by atoms with van der Waals surface area (Å²) >= 11 is 0. The van der Waals surface area contributed by atoms with E-state index in [-0.39, 0.29) is 24.1 Å². The molecule has 0 aliphatic heterocycles. The molecular formula is C20H24ClFN2O. The zero-order valence-corrected chi connectivity index (χ0v) is 15.1. The Kier molecular flexibility index (Phi) is 6.57. The van der Waals surface area contributed by atoms with Crippen LogP contribution in [0.25, 0.3) is 0 Å². The minimum absolute atomic E-state index is 0. The predicted molar refractivity (Wildman–Crippen MR) is 99.9 cm³/mol. The van der Waals surface area contributed by atoms with Crippen molar-refractivity contribution in [3.8, 4) is 0 Å². The van der Waals surface area contributed by atoms with Gasteiger partial charge in [-0.15, -0.1) is 12.4 Å². The Morgan fingerprint density at radius 1 is 1.16 bits per heavy atom. The fourth-order valence-electron chi connectivity index (χ4n) is 2.77. The summed E-state index contributed by atoms with van der Waals surface area (Å²) in [5.41, 5.74) is 9.09. The van der Waals surface area contributed by atoms with Crippen molar-refractivity contribution in [1.82, 2.24) is 4.90 Å². The molecule has 0 heterocycles. The van der Waals surface area contributed by atoms with Gasteiger partial charge in [0.05, 0.1) is 0 Å². The van der Waals surface area contributed by atoms with E-state index in [9.17, 15) is 9.18 Å². The first kappa shape index (κ1) is 19.4. The highest BCUT2D eigenvalue weighted by Gasteiger charge is 2.29.